The van der Waals surface area contributed by atoms with Crippen LogP contribution in [-0.2, 0) is 4.79 Å². The van der Waals surface area contributed by atoms with Gasteiger partial charge in [-0.15, -0.1) is 10.2 Å². The SMILES string of the molecule is Cc1cccc(C)c1NC(=O)[C@@H]1Sc2nnc(-c3ccccc3)n2N[C@H]1c1ccc(Cl)cc1. The Morgan fingerprint density at radius 1 is 0.970 bits per heavy atom. The van der Waals surface area contributed by atoms with E-state index in [1.807, 2.05) is 91.3 Å². The van der Waals surface area contributed by atoms with Crippen LogP contribution < -0.4 is 10.7 Å². The molecule has 2 heterocycles. The Kier molecular flexibility index (Phi) is 5.83. The fourth-order valence-corrected chi connectivity index (χ4v) is 5.16. The van der Waals surface area contributed by atoms with Crippen molar-refractivity contribution in [3.05, 3.63) is 94.5 Å². The summed E-state index contributed by atoms with van der Waals surface area (Å²) < 4.78 is 1.86. The highest BCUT2D eigenvalue weighted by atomic mass is 35.5. The van der Waals surface area contributed by atoms with E-state index in [-0.39, 0.29) is 11.9 Å². The number of carbonyl (C=O) groups excluding carboxylic acids is 1. The molecular weight excluding hydrogens is 454 g/mol. The van der Waals surface area contributed by atoms with Crippen molar-refractivity contribution >= 4 is 35.0 Å². The van der Waals surface area contributed by atoms with Gasteiger partial charge in [0, 0.05) is 16.3 Å². The van der Waals surface area contributed by atoms with Gasteiger partial charge < -0.3 is 10.7 Å². The molecule has 0 saturated heterocycles. The molecule has 0 fully saturated rings. The summed E-state index contributed by atoms with van der Waals surface area (Å²) in [7, 11) is 0. The van der Waals surface area contributed by atoms with Gasteiger partial charge in [0.25, 0.3) is 0 Å². The summed E-state index contributed by atoms with van der Waals surface area (Å²) >= 11 is 7.53. The minimum Gasteiger partial charge on any atom is -0.325 e. The number of halogens is 1. The highest BCUT2D eigenvalue weighted by molar-refractivity contribution is 8.00. The van der Waals surface area contributed by atoms with Crippen molar-refractivity contribution in [2.24, 2.45) is 0 Å². The molecule has 33 heavy (non-hydrogen) atoms. The predicted molar refractivity (Wildman–Crippen MR) is 133 cm³/mol. The van der Waals surface area contributed by atoms with E-state index in [2.05, 4.69) is 20.9 Å². The molecule has 4 aromatic rings. The Morgan fingerprint density at radius 3 is 2.36 bits per heavy atom. The third kappa shape index (κ3) is 4.21. The third-order valence-electron chi connectivity index (χ3n) is 5.69. The lowest BCUT2D eigenvalue weighted by Gasteiger charge is -2.33. The van der Waals surface area contributed by atoms with Gasteiger partial charge in [-0.1, -0.05) is 84.0 Å². The predicted octanol–water partition coefficient (Wildman–Crippen LogP) is 5.61. The Balaban J connectivity index is 1.53. The van der Waals surface area contributed by atoms with E-state index in [0.29, 0.717) is 16.0 Å². The molecule has 166 valence electrons. The number of rotatable bonds is 4. The van der Waals surface area contributed by atoms with Gasteiger partial charge in [-0.3, -0.25) is 4.79 Å². The van der Waals surface area contributed by atoms with E-state index in [0.717, 1.165) is 27.9 Å². The minimum atomic E-state index is -0.467. The van der Waals surface area contributed by atoms with Crippen LogP contribution in [0.15, 0.2) is 78.0 Å². The molecule has 0 unspecified atom stereocenters. The van der Waals surface area contributed by atoms with Crippen LogP contribution in [0, 0.1) is 13.8 Å². The van der Waals surface area contributed by atoms with Crippen molar-refractivity contribution in [3.63, 3.8) is 0 Å². The number of hydrogen-bond acceptors (Lipinski definition) is 5. The Hall–Kier alpha value is -3.29. The molecule has 6 nitrogen and oxygen atoms in total. The summed E-state index contributed by atoms with van der Waals surface area (Å²) in [5, 5.41) is 12.7. The van der Waals surface area contributed by atoms with Crippen LogP contribution in [0.2, 0.25) is 5.02 Å². The van der Waals surface area contributed by atoms with Gasteiger partial charge in [0.15, 0.2) is 5.82 Å². The quantitative estimate of drug-likeness (QED) is 0.401. The van der Waals surface area contributed by atoms with Crippen LogP contribution in [-0.4, -0.2) is 26.0 Å². The molecule has 0 radical (unpaired) electrons. The summed E-state index contributed by atoms with van der Waals surface area (Å²) in [6.45, 7) is 3.99. The van der Waals surface area contributed by atoms with Crippen LogP contribution in [0.1, 0.15) is 22.7 Å². The molecule has 2 atom stereocenters. The highest BCUT2D eigenvalue weighted by Gasteiger charge is 2.38. The number of nitrogens with one attached hydrogen (secondary N) is 2. The van der Waals surface area contributed by atoms with E-state index in [1.165, 1.54) is 11.8 Å². The molecule has 0 spiro atoms. The highest BCUT2D eigenvalue weighted by Crippen LogP contribution is 2.39. The number of para-hydroxylation sites is 1. The van der Waals surface area contributed by atoms with Gasteiger partial charge in [0.2, 0.25) is 11.1 Å². The Labute approximate surface area is 201 Å². The number of aromatic nitrogens is 3. The summed E-state index contributed by atoms with van der Waals surface area (Å²) in [5.74, 6) is 0.603. The largest absolute Gasteiger partial charge is 0.325 e. The van der Waals surface area contributed by atoms with Gasteiger partial charge in [-0.25, -0.2) is 4.68 Å². The van der Waals surface area contributed by atoms with Gasteiger partial charge >= 0.3 is 0 Å². The first-order valence-corrected chi connectivity index (χ1v) is 11.8. The second-order valence-electron chi connectivity index (χ2n) is 7.96. The number of benzene rings is 3. The minimum absolute atomic E-state index is 0.0969. The lowest BCUT2D eigenvalue weighted by atomic mass is 10.0. The topological polar surface area (TPSA) is 71.8 Å². The standard InChI is InChI=1S/C25H22ClN5OS/c1-15-7-6-8-16(2)20(15)27-24(32)22-21(17-11-13-19(26)14-12-17)30-31-23(28-29-25(31)33-22)18-9-4-3-5-10-18/h3-14,21-22,30H,1-2H3,(H,27,32)/t21-,22+/m0/s1. The monoisotopic (exact) mass is 475 g/mol. The zero-order chi connectivity index (χ0) is 22.9. The number of hydrogen-bond donors (Lipinski definition) is 2. The van der Waals surface area contributed by atoms with Crippen molar-refractivity contribution in [1.29, 1.82) is 0 Å². The molecular formula is C25H22ClN5OS. The molecule has 8 heteroatoms. The summed E-state index contributed by atoms with van der Waals surface area (Å²) in [4.78, 5) is 13.6. The van der Waals surface area contributed by atoms with E-state index < -0.39 is 5.25 Å². The fraction of sp³-hybridized carbons (Fsp3) is 0.160. The number of nitrogens with zero attached hydrogens (tertiary/aromatic N) is 3. The average Bonchev–Trinajstić information content (AvgIpc) is 3.25. The fourth-order valence-electron chi connectivity index (χ4n) is 3.96. The van der Waals surface area contributed by atoms with Crippen LogP contribution in [0.3, 0.4) is 0 Å². The number of amides is 1. The molecule has 3 aromatic carbocycles. The molecule has 2 N–H and O–H groups in total. The maximum atomic E-state index is 13.6. The number of anilines is 1. The Bertz CT molecular complexity index is 1290. The zero-order valence-corrected chi connectivity index (χ0v) is 19.7. The zero-order valence-electron chi connectivity index (χ0n) is 18.1. The summed E-state index contributed by atoms with van der Waals surface area (Å²) in [5.41, 5.74) is 8.27. The lowest BCUT2D eigenvalue weighted by molar-refractivity contribution is -0.116. The van der Waals surface area contributed by atoms with Crippen LogP contribution in [0.5, 0.6) is 0 Å². The van der Waals surface area contributed by atoms with E-state index >= 15 is 0 Å². The Morgan fingerprint density at radius 2 is 1.67 bits per heavy atom. The van der Waals surface area contributed by atoms with Crippen molar-refractivity contribution in [1.82, 2.24) is 14.9 Å². The third-order valence-corrected chi connectivity index (χ3v) is 7.15. The van der Waals surface area contributed by atoms with Crippen molar-refractivity contribution in [2.45, 2.75) is 30.3 Å². The first kappa shape index (κ1) is 21.6. The first-order valence-electron chi connectivity index (χ1n) is 10.6. The van der Waals surface area contributed by atoms with E-state index in [9.17, 15) is 4.79 Å². The van der Waals surface area contributed by atoms with E-state index in [1.54, 1.807) is 0 Å². The molecule has 1 amide bonds. The number of fused-ring (bicyclic) bond motifs is 1. The van der Waals surface area contributed by atoms with Gasteiger partial charge in [-0.05, 0) is 42.7 Å². The molecule has 1 aliphatic heterocycles. The van der Waals surface area contributed by atoms with Gasteiger partial charge in [-0.2, -0.15) is 0 Å². The second kappa shape index (κ2) is 8.92. The van der Waals surface area contributed by atoms with Crippen LogP contribution in [0.4, 0.5) is 5.69 Å². The molecule has 5 rings (SSSR count). The molecule has 0 saturated carbocycles. The van der Waals surface area contributed by atoms with Gasteiger partial charge in [0.1, 0.15) is 5.25 Å². The van der Waals surface area contributed by atoms with Crippen molar-refractivity contribution in [3.8, 4) is 11.4 Å². The maximum absolute atomic E-state index is 13.6. The summed E-state index contributed by atoms with van der Waals surface area (Å²) in [6.07, 6.45) is 0. The molecule has 1 aliphatic rings. The number of aryl methyl sites for hydroxylation is 2. The molecule has 0 aliphatic carbocycles. The smallest absolute Gasteiger partial charge is 0.240 e. The number of thioether (sulfide) groups is 1. The van der Waals surface area contributed by atoms with E-state index in [4.69, 9.17) is 11.6 Å². The van der Waals surface area contributed by atoms with Crippen LogP contribution >= 0.6 is 23.4 Å². The molecule has 1 aromatic heterocycles. The second-order valence-corrected chi connectivity index (χ2v) is 9.51. The summed E-state index contributed by atoms with van der Waals surface area (Å²) in [6, 6.07) is 23.1. The maximum Gasteiger partial charge on any atom is 0.240 e. The first-order chi connectivity index (χ1) is 16.0. The van der Waals surface area contributed by atoms with Gasteiger partial charge in [0.05, 0.1) is 6.04 Å². The molecule has 0 bridgehead atoms. The van der Waals surface area contributed by atoms with Crippen molar-refractivity contribution < 1.29 is 4.79 Å². The number of carbonyl (C=O) groups is 1. The van der Waals surface area contributed by atoms with Crippen LogP contribution in [0.25, 0.3) is 11.4 Å². The average molecular weight is 476 g/mol. The van der Waals surface area contributed by atoms with Crippen molar-refractivity contribution in [2.75, 3.05) is 10.7 Å². The lowest BCUT2D eigenvalue weighted by Crippen LogP contribution is -2.41. The normalized spacial score (nSPS) is 17.2.